The second kappa shape index (κ2) is 13.9. The van der Waals surface area contributed by atoms with Crippen molar-refractivity contribution in [3.63, 3.8) is 0 Å². The third-order valence-electron chi connectivity index (χ3n) is 8.00. The second-order valence-corrected chi connectivity index (χ2v) is 10.7. The van der Waals surface area contributed by atoms with E-state index in [1.54, 1.807) is 16.7 Å². The van der Waals surface area contributed by atoms with Crippen molar-refractivity contribution in [1.82, 2.24) is 19.7 Å². The van der Waals surface area contributed by atoms with Gasteiger partial charge >= 0.3 is 0 Å². The van der Waals surface area contributed by atoms with Gasteiger partial charge in [0.2, 0.25) is 23.0 Å². The number of hydrazine groups is 1. The van der Waals surface area contributed by atoms with E-state index in [1.807, 2.05) is 25.7 Å². The predicted octanol–water partition coefficient (Wildman–Crippen LogP) is 0.951. The van der Waals surface area contributed by atoms with Crippen molar-refractivity contribution in [2.75, 3.05) is 65.7 Å². The Balaban J connectivity index is 1.78. The maximum Gasteiger partial charge on any atom is 0.230 e. The summed E-state index contributed by atoms with van der Waals surface area (Å²) in [6.45, 7) is 12.1. The van der Waals surface area contributed by atoms with Crippen molar-refractivity contribution >= 4 is 17.7 Å². The summed E-state index contributed by atoms with van der Waals surface area (Å²) in [4.78, 5) is 46.1. The Bertz CT molecular complexity index is 846. The average Bonchev–Trinajstić information content (AvgIpc) is 2.95. The fourth-order valence-corrected chi connectivity index (χ4v) is 5.69. The molecule has 5 atom stereocenters. The molecule has 38 heavy (non-hydrogen) atoms. The molecule has 13 heteroatoms. The van der Waals surface area contributed by atoms with Gasteiger partial charge in [-0.3, -0.25) is 14.4 Å². The van der Waals surface area contributed by atoms with Crippen molar-refractivity contribution in [3.8, 4) is 0 Å². The third-order valence-corrected chi connectivity index (χ3v) is 8.00. The topological polar surface area (TPSA) is 141 Å². The maximum absolute atomic E-state index is 14.0. The lowest BCUT2D eigenvalue weighted by atomic mass is 9.83. The minimum atomic E-state index is -0.531. The number of ether oxygens (including phenoxy) is 2. The van der Waals surface area contributed by atoms with Crippen LogP contribution in [0.4, 0.5) is 0 Å². The van der Waals surface area contributed by atoms with Gasteiger partial charge in [-0.2, -0.15) is 0 Å². The van der Waals surface area contributed by atoms with Crippen molar-refractivity contribution in [3.05, 3.63) is 5.21 Å². The second-order valence-electron chi connectivity index (χ2n) is 10.7. The first-order valence-electron chi connectivity index (χ1n) is 13.8. The van der Waals surface area contributed by atoms with Crippen LogP contribution in [0.2, 0.25) is 0 Å². The Morgan fingerprint density at radius 2 is 1.45 bits per heavy atom. The summed E-state index contributed by atoms with van der Waals surface area (Å²) in [5.41, 5.74) is 0. The summed E-state index contributed by atoms with van der Waals surface area (Å²) in [5, 5.41) is 24.9. The highest BCUT2D eigenvalue weighted by Crippen LogP contribution is 2.29. The molecule has 3 heterocycles. The van der Waals surface area contributed by atoms with E-state index in [1.165, 1.54) is 5.01 Å². The van der Waals surface area contributed by atoms with Crippen LogP contribution in [-0.4, -0.2) is 125 Å². The first-order valence-corrected chi connectivity index (χ1v) is 13.8. The molecular formula is C25H44N6O7. The summed E-state index contributed by atoms with van der Waals surface area (Å²) in [7, 11) is 0. The monoisotopic (exact) mass is 540 g/mol. The predicted molar refractivity (Wildman–Crippen MR) is 136 cm³/mol. The molecule has 3 aliphatic heterocycles. The molecule has 216 valence electrons. The van der Waals surface area contributed by atoms with Gasteiger partial charge in [0.25, 0.3) is 0 Å². The SMILES string of the molecule is CCC(CC(CC(C)C(=O)N1CCOCC1)C(=O)N1CC(C)N(/[N+]([O-])=N/O)CC1C)C(=O)N1CCOCC1. The molecule has 3 saturated heterocycles. The third kappa shape index (κ3) is 7.25. The molecule has 1 N–H and O–H groups in total. The van der Waals surface area contributed by atoms with E-state index in [0.29, 0.717) is 71.9 Å². The van der Waals surface area contributed by atoms with Gasteiger partial charge in [0.05, 0.1) is 44.0 Å². The highest BCUT2D eigenvalue weighted by Gasteiger charge is 2.41. The van der Waals surface area contributed by atoms with Crippen LogP contribution in [0.25, 0.3) is 0 Å². The quantitative estimate of drug-likeness (QED) is 0.259. The molecule has 0 aromatic carbocycles. The summed E-state index contributed by atoms with van der Waals surface area (Å²) >= 11 is 0. The van der Waals surface area contributed by atoms with Crippen LogP contribution in [-0.2, 0) is 23.9 Å². The van der Waals surface area contributed by atoms with E-state index < -0.39 is 11.8 Å². The molecule has 0 aliphatic carbocycles. The Morgan fingerprint density at radius 3 is 1.97 bits per heavy atom. The van der Waals surface area contributed by atoms with E-state index in [0.717, 1.165) is 0 Å². The highest BCUT2D eigenvalue weighted by molar-refractivity contribution is 5.84. The van der Waals surface area contributed by atoms with E-state index in [-0.39, 0.29) is 53.8 Å². The highest BCUT2D eigenvalue weighted by atomic mass is 16.6. The smallest absolute Gasteiger partial charge is 0.230 e. The normalized spacial score (nSPS) is 25.6. The Labute approximate surface area is 224 Å². The molecule has 0 radical (unpaired) electrons. The molecule has 5 unspecified atom stereocenters. The molecule has 0 spiro atoms. The van der Waals surface area contributed by atoms with Crippen LogP contribution in [0.3, 0.4) is 0 Å². The molecule has 13 nitrogen and oxygen atoms in total. The standard InChI is InChI=1S/C25H44N6O7/c1-5-21(24(33)28-8-12-38-13-9-28)15-22(14-18(2)23(32)27-6-10-37-11-7-27)25(34)29-16-20(4)30(17-19(29)3)31(36)26-35/h18-22,35H,5-17H2,1-4H3/b31-26-. The Kier molecular flexibility index (Phi) is 11.0. The van der Waals surface area contributed by atoms with Crippen LogP contribution in [0.15, 0.2) is 5.28 Å². The minimum Gasteiger partial charge on any atom is -0.569 e. The van der Waals surface area contributed by atoms with Gasteiger partial charge in [-0.15, -0.1) is 5.01 Å². The van der Waals surface area contributed by atoms with E-state index in [9.17, 15) is 19.6 Å². The number of piperazine rings is 1. The number of carbonyl (C=O) groups excluding carboxylic acids is 3. The molecule has 0 bridgehead atoms. The number of morpholine rings is 2. The summed E-state index contributed by atoms with van der Waals surface area (Å²) in [6.07, 6.45) is 1.28. The van der Waals surface area contributed by atoms with Gasteiger partial charge in [-0.1, -0.05) is 13.8 Å². The molecule has 3 fully saturated rings. The largest absolute Gasteiger partial charge is 0.569 e. The first-order chi connectivity index (χ1) is 18.2. The van der Waals surface area contributed by atoms with Crippen LogP contribution >= 0.6 is 0 Å². The van der Waals surface area contributed by atoms with Crippen LogP contribution in [0, 0.1) is 23.0 Å². The van der Waals surface area contributed by atoms with Gasteiger partial charge < -0.3 is 34.6 Å². The molecule has 3 amide bonds. The van der Waals surface area contributed by atoms with Crippen LogP contribution < -0.4 is 0 Å². The minimum absolute atomic E-state index is 0.00329. The maximum atomic E-state index is 14.0. The molecule has 0 saturated carbocycles. The summed E-state index contributed by atoms with van der Waals surface area (Å²) in [6, 6.07) is -0.687. The lowest BCUT2D eigenvalue weighted by molar-refractivity contribution is -0.719. The van der Waals surface area contributed by atoms with E-state index in [4.69, 9.17) is 14.7 Å². The molecule has 3 aliphatic rings. The molecule has 0 aromatic heterocycles. The van der Waals surface area contributed by atoms with E-state index >= 15 is 0 Å². The van der Waals surface area contributed by atoms with Crippen LogP contribution in [0.5, 0.6) is 0 Å². The fourth-order valence-electron chi connectivity index (χ4n) is 5.69. The number of rotatable bonds is 9. The summed E-state index contributed by atoms with van der Waals surface area (Å²) < 4.78 is 10.8. The zero-order chi connectivity index (χ0) is 27.8. The molecular weight excluding hydrogens is 496 g/mol. The average molecular weight is 541 g/mol. The number of nitrogens with zero attached hydrogens (tertiary/aromatic N) is 6. The Morgan fingerprint density at radius 1 is 0.895 bits per heavy atom. The van der Waals surface area contributed by atoms with Crippen LogP contribution in [0.1, 0.15) is 47.0 Å². The molecule has 3 rings (SSSR count). The zero-order valence-corrected chi connectivity index (χ0v) is 23.2. The number of hydrogen-bond donors (Lipinski definition) is 1. The van der Waals surface area contributed by atoms with Gasteiger partial charge in [-0.25, -0.2) is 0 Å². The fraction of sp³-hybridized carbons (Fsp3) is 0.880. The summed E-state index contributed by atoms with van der Waals surface area (Å²) in [5.74, 6) is -1.35. The number of amides is 3. The van der Waals surface area contributed by atoms with Crippen molar-refractivity contribution in [2.45, 2.75) is 59.0 Å². The Hall–Kier alpha value is -2.67. The first kappa shape index (κ1) is 29.9. The number of carbonyl (C=O) groups is 3. The van der Waals surface area contributed by atoms with Gasteiger partial charge in [0, 0.05) is 50.5 Å². The van der Waals surface area contributed by atoms with Gasteiger partial charge in [0.15, 0.2) is 0 Å². The van der Waals surface area contributed by atoms with Crippen molar-refractivity contribution in [2.24, 2.45) is 23.0 Å². The van der Waals surface area contributed by atoms with Crippen molar-refractivity contribution in [1.29, 1.82) is 0 Å². The zero-order valence-electron chi connectivity index (χ0n) is 23.2. The number of hydrogen-bond acceptors (Lipinski definition) is 7. The lowest BCUT2D eigenvalue weighted by Gasteiger charge is -2.42. The van der Waals surface area contributed by atoms with Gasteiger partial charge in [-0.05, 0) is 33.1 Å². The van der Waals surface area contributed by atoms with Gasteiger partial charge in [0.1, 0.15) is 6.04 Å². The van der Waals surface area contributed by atoms with Crippen molar-refractivity contribution < 1.29 is 34.0 Å². The van der Waals surface area contributed by atoms with E-state index in [2.05, 4.69) is 5.28 Å². The molecule has 0 aromatic rings. The lowest BCUT2D eigenvalue weighted by Crippen LogP contribution is -2.60.